The molecule has 0 atom stereocenters. The Hall–Kier alpha value is -4.57. The van der Waals surface area contributed by atoms with Gasteiger partial charge in [0.1, 0.15) is 23.1 Å². The van der Waals surface area contributed by atoms with Crippen molar-refractivity contribution in [2.24, 2.45) is 0 Å². The molecule has 2 N–H and O–H groups in total. The summed E-state index contributed by atoms with van der Waals surface area (Å²) in [6.07, 6.45) is 1.48. The average Bonchev–Trinajstić information content (AvgIpc) is 2.85. The molecule has 0 bridgehead atoms. The second kappa shape index (κ2) is 11.3. The van der Waals surface area contributed by atoms with Gasteiger partial charge >= 0.3 is 0 Å². The number of nitrogens with one attached hydrogen (secondary N) is 2. The van der Waals surface area contributed by atoms with Crippen molar-refractivity contribution in [2.75, 3.05) is 24.4 Å². The molecule has 0 saturated carbocycles. The van der Waals surface area contributed by atoms with Crippen LogP contribution in [0.1, 0.15) is 16.7 Å². The molecule has 7 nitrogen and oxygen atoms in total. The van der Waals surface area contributed by atoms with E-state index < -0.39 is 5.91 Å². The van der Waals surface area contributed by atoms with Crippen LogP contribution in [0.25, 0.3) is 6.08 Å². The van der Waals surface area contributed by atoms with Crippen molar-refractivity contribution >= 4 is 29.3 Å². The number of nitriles is 1. The third-order valence-electron chi connectivity index (χ3n) is 5.15. The molecule has 0 saturated heterocycles. The Labute approximate surface area is 198 Å². The van der Waals surface area contributed by atoms with E-state index >= 15 is 0 Å². The maximum atomic E-state index is 12.4. The van der Waals surface area contributed by atoms with E-state index in [9.17, 15) is 14.9 Å². The molecule has 0 radical (unpaired) electrons. The third kappa shape index (κ3) is 6.47. The van der Waals surface area contributed by atoms with E-state index in [0.717, 1.165) is 16.8 Å². The number of carbonyl (C=O) groups excluding carboxylic acids is 2. The summed E-state index contributed by atoms with van der Waals surface area (Å²) in [5.41, 5.74) is 4.01. The molecule has 3 aromatic carbocycles. The largest absolute Gasteiger partial charge is 0.497 e. The van der Waals surface area contributed by atoms with Gasteiger partial charge in [-0.2, -0.15) is 5.26 Å². The Morgan fingerprint density at radius 2 is 1.62 bits per heavy atom. The van der Waals surface area contributed by atoms with Crippen LogP contribution in [-0.2, 0) is 9.59 Å². The quantitative estimate of drug-likeness (QED) is 0.373. The predicted octanol–water partition coefficient (Wildman–Crippen LogP) is 4.88. The highest BCUT2D eigenvalue weighted by molar-refractivity contribution is 6.09. The molecule has 172 valence electrons. The molecule has 7 heteroatoms. The van der Waals surface area contributed by atoms with Crippen LogP contribution in [0.4, 0.5) is 11.4 Å². The lowest BCUT2D eigenvalue weighted by Crippen LogP contribution is -2.20. The topological polar surface area (TPSA) is 100 Å². The van der Waals surface area contributed by atoms with Crippen molar-refractivity contribution in [2.45, 2.75) is 13.8 Å². The zero-order valence-corrected chi connectivity index (χ0v) is 19.2. The summed E-state index contributed by atoms with van der Waals surface area (Å²) in [5, 5.41) is 14.9. The normalized spacial score (nSPS) is 10.7. The summed E-state index contributed by atoms with van der Waals surface area (Å²) in [5.74, 6) is 0.379. The smallest absolute Gasteiger partial charge is 0.266 e. The highest BCUT2D eigenvalue weighted by Crippen LogP contribution is 2.19. The van der Waals surface area contributed by atoms with E-state index in [1.54, 1.807) is 55.6 Å². The maximum Gasteiger partial charge on any atom is 0.266 e. The standard InChI is InChI=1S/C27H25N3O4/c1-18-5-4-6-25(19(18)2)30-26(31)17-34-24-11-7-20(8-12-24)15-21(16-28)27(32)29-22-9-13-23(33-3)14-10-22/h4-15H,17H2,1-3H3,(H,29,32)(H,30,31)/b21-15-. The van der Waals surface area contributed by atoms with Gasteiger partial charge in [-0.15, -0.1) is 0 Å². The van der Waals surface area contributed by atoms with E-state index in [-0.39, 0.29) is 18.1 Å². The first kappa shape index (κ1) is 24.1. The fourth-order valence-corrected chi connectivity index (χ4v) is 3.07. The summed E-state index contributed by atoms with van der Waals surface area (Å²) in [7, 11) is 1.56. The van der Waals surface area contributed by atoms with Crippen LogP contribution in [0.5, 0.6) is 11.5 Å². The summed E-state index contributed by atoms with van der Waals surface area (Å²) >= 11 is 0. The molecular formula is C27H25N3O4. The van der Waals surface area contributed by atoms with Crippen molar-refractivity contribution in [3.63, 3.8) is 0 Å². The predicted molar refractivity (Wildman–Crippen MR) is 132 cm³/mol. The van der Waals surface area contributed by atoms with Gasteiger partial charge in [0.15, 0.2) is 6.61 Å². The first-order chi connectivity index (χ1) is 16.4. The molecule has 0 unspecified atom stereocenters. The zero-order chi connectivity index (χ0) is 24.5. The van der Waals surface area contributed by atoms with Crippen molar-refractivity contribution in [1.29, 1.82) is 5.26 Å². The van der Waals surface area contributed by atoms with E-state index in [4.69, 9.17) is 9.47 Å². The minimum Gasteiger partial charge on any atom is -0.497 e. The van der Waals surface area contributed by atoms with E-state index in [2.05, 4.69) is 10.6 Å². The van der Waals surface area contributed by atoms with Gasteiger partial charge in [0, 0.05) is 11.4 Å². The lowest BCUT2D eigenvalue weighted by Gasteiger charge is -2.11. The monoisotopic (exact) mass is 455 g/mol. The highest BCUT2D eigenvalue weighted by Gasteiger charge is 2.10. The number of nitrogens with zero attached hydrogens (tertiary/aromatic N) is 1. The van der Waals surface area contributed by atoms with Gasteiger partial charge in [0.05, 0.1) is 7.11 Å². The number of benzene rings is 3. The Kier molecular flexibility index (Phi) is 8.03. The Morgan fingerprint density at radius 3 is 2.26 bits per heavy atom. The number of carbonyl (C=O) groups is 2. The average molecular weight is 456 g/mol. The maximum absolute atomic E-state index is 12.4. The minimum absolute atomic E-state index is 0.0441. The van der Waals surface area contributed by atoms with Crippen LogP contribution in [0.15, 0.2) is 72.3 Å². The lowest BCUT2D eigenvalue weighted by molar-refractivity contribution is -0.118. The Balaban J connectivity index is 1.57. The summed E-state index contributed by atoms with van der Waals surface area (Å²) in [6, 6.07) is 21.2. The van der Waals surface area contributed by atoms with Gasteiger partial charge in [-0.05, 0) is 79.1 Å². The molecule has 2 amide bonds. The van der Waals surface area contributed by atoms with Gasteiger partial charge in [-0.1, -0.05) is 24.3 Å². The fourth-order valence-electron chi connectivity index (χ4n) is 3.07. The SMILES string of the molecule is COc1ccc(NC(=O)/C(C#N)=C\c2ccc(OCC(=O)Nc3cccc(C)c3C)cc2)cc1. The molecule has 0 aliphatic rings. The number of hydrogen-bond acceptors (Lipinski definition) is 5. The molecule has 0 aliphatic carbocycles. The van der Waals surface area contributed by atoms with Crippen LogP contribution in [0.3, 0.4) is 0 Å². The van der Waals surface area contributed by atoms with Gasteiger partial charge in [-0.3, -0.25) is 9.59 Å². The van der Waals surface area contributed by atoms with E-state index in [0.29, 0.717) is 22.7 Å². The number of amides is 2. The first-order valence-electron chi connectivity index (χ1n) is 10.6. The highest BCUT2D eigenvalue weighted by atomic mass is 16.5. The molecule has 34 heavy (non-hydrogen) atoms. The Bertz CT molecular complexity index is 1240. The second-order valence-corrected chi connectivity index (χ2v) is 7.51. The van der Waals surface area contributed by atoms with Crippen LogP contribution < -0.4 is 20.1 Å². The van der Waals surface area contributed by atoms with Crippen molar-refractivity contribution in [1.82, 2.24) is 0 Å². The van der Waals surface area contributed by atoms with Gasteiger partial charge in [0.2, 0.25) is 0 Å². The second-order valence-electron chi connectivity index (χ2n) is 7.51. The van der Waals surface area contributed by atoms with Crippen LogP contribution >= 0.6 is 0 Å². The number of methoxy groups -OCH3 is 1. The number of anilines is 2. The fraction of sp³-hybridized carbons (Fsp3) is 0.148. The molecule has 0 aliphatic heterocycles. The third-order valence-corrected chi connectivity index (χ3v) is 5.15. The molecule has 0 aromatic heterocycles. The number of rotatable bonds is 8. The number of ether oxygens (including phenoxy) is 2. The molecule has 0 heterocycles. The summed E-state index contributed by atoms with van der Waals surface area (Å²) in [4.78, 5) is 24.7. The van der Waals surface area contributed by atoms with Gasteiger partial charge in [0.25, 0.3) is 11.8 Å². The molecule has 3 rings (SSSR count). The van der Waals surface area contributed by atoms with Gasteiger partial charge in [-0.25, -0.2) is 0 Å². The minimum atomic E-state index is -0.517. The zero-order valence-electron chi connectivity index (χ0n) is 19.2. The van der Waals surface area contributed by atoms with Crippen molar-refractivity contribution < 1.29 is 19.1 Å². The molecule has 0 spiro atoms. The lowest BCUT2D eigenvalue weighted by atomic mass is 10.1. The Morgan fingerprint density at radius 1 is 0.941 bits per heavy atom. The van der Waals surface area contributed by atoms with Crippen molar-refractivity contribution in [3.8, 4) is 17.6 Å². The van der Waals surface area contributed by atoms with E-state index in [1.807, 2.05) is 38.1 Å². The summed E-state index contributed by atoms with van der Waals surface area (Å²) in [6.45, 7) is 3.79. The molecule has 0 fully saturated rings. The molecule has 3 aromatic rings. The summed E-state index contributed by atoms with van der Waals surface area (Å²) < 4.78 is 10.6. The number of aryl methyl sites for hydroxylation is 1. The first-order valence-corrected chi connectivity index (χ1v) is 10.6. The van der Waals surface area contributed by atoms with E-state index in [1.165, 1.54) is 6.08 Å². The number of hydrogen-bond donors (Lipinski definition) is 2. The van der Waals surface area contributed by atoms with Crippen LogP contribution in [0, 0.1) is 25.2 Å². The van der Waals surface area contributed by atoms with Crippen LogP contribution in [0.2, 0.25) is 0 Å². The molecular weight excluding hydrogens is 430 g/mol. The van der Waals surface area contributed by atoms with Gasteiger partial charge < -0.3 is 20.1 Å². The van der Waals surface area contributed by atoms with Crippen molar-refractivity contribution in [3.05, 3.63) is 89.0 Å². The van der Waals surface area contributed by atoms with Crippen LogP contribution in [-0.4, -0.2) is 25.5 Å².